The van der Waals surface area contributed by atoms with E-state index in [2.05, 4.69) is 18.9 Å². The molecule has 1 heteroatoms. The molecule has 94 valence electrons. The Labute approximate surface area is 102 Å². The van der Waals surface area contributed by atoms with Crippen LogP contribution in [0.2, 0.25) is 0 Å². The molecule has 1 aliphatic rings. The van der Waals surface area contributed by atoms with Gasteiger partial charge in [0.05, 0.1) is 0 Å². The van der Waals surface area contributed by atoms with Gasteiger partial charge in [-0.05, 0) is 38.6 Å². The second-order valence-electron chi connectivity index (χ2n) is 5.30. The molecule has 0 aliphatic heterocycles. The van der Waals surface area contributed by atoms with Crippen molar-refractivity contribution in [2.75, 3.05) is 7.05 Å². The first-order valence-corrected chi connectivity index (χ1v) is 7.15. The first-order chi connectivity index (χ1) is 7.86. The summed E-state index contributed by atoms with van der Waals surface area (Å²) in [4.78, 5) is 0. The largest absolute Gasteiger partial charge is 0.317 e. The molecule has 1 rings (SSSR count). The van der Waals surface area contributed by atoms with Gasteiger partial charge in [0.1, 0.15) is 0 Å². The van der Waals surface area contributed by atoms with Crippen LogP contribution in [-0.2, 0) is 0 Å². The molecule has 1 aliphatic carbocycles. The number of nitrogens with one attached hydrogen (secondary N) is 1. The summed E-state index contributed by atoms with van der Waals surface area (Å²) in [6.07, 6.45) is 16.0. The number of hydrogen-bond acceptors (Lipinski definition) is 1. The lowest BCUT2D eigenvalue weighted by Gasteiger charge is -2.19. The molecule has 0 saturated heterocycles. The van der Waals surface area contributed by atoms with Crippen LogP contribution in [-0.4, -0.2) is 13.1 Å². The third kappa shape index (κ3) is 5.69. The van der Waals surface area contributed by atoms with E-state index in [-0.39, 0.29) is 0 Å². The second-order valence-corrected chi connectivity index (χ2v) is 5.30. The van der Waals surface area contributed by atoms with Gasteiger partial charge in [0.2, 0.25) is 0 Å². The third-order valence-electron chi connectivity index (χ3n) is 3.96. The highest BCUT2D eigenvalue weighted by Gasteiger charge is 2.18. The van der Waals surface area contributed by atoms with E-state index in [0.29, 0.717) is 0 Å². The molecule has 2 unspecified atom stereocenters. The van der Waals surface area contributed by atoms with Gasteiger partial charge in [0.15, 0.2) is 0 Å². The van der Waals surface area contributed by atoms with E-state index in [9.17, 15) is 0 Å². The van der Waals surface area contributed by atoms with Crippen molar-refractivity contribution in [2.24, 2.45) is 5.92 Å². The maximum atomic E-state index is 3.77. The standard InChI is InChI=1S/C15H29N/c1-3-4-5-6-7-10-14-11-8-9-12-15(13-14)16-2/h3,14-16H,1,4-13H2,2H3. The number of hydrogen-bond donors (Lipinski definition) is 1. The van der Waals surface area contributed by atoms with Crippen LogP contribution in [0.3, 0.4) is 0 Å². The molecule has 1 saturated carbocycles. The molecule has 0 radical (unpaired) electrons. The van der Waals surface area contributed by atoms with Crippen LogP contribution < -0.4 is 5.32 Å². The highest BCUT2D eigenvalue weighted by molar-refractivity contribution is 4.75. The van der Waals surface area contributed by atoms with Gasteiger partial charge in [-0.3, -0.25) is 0 Å². The van der Waals surface area contributed by atoms with Gasteiger partial charge < -0.3 is 5.32 Å². The minimum atomic E-state index is 0.792. The fraction of sp³-hybridized carbons (Fsp3) is 0.867. The Bertz CT molecular complexity index is 176. The first-order valence-electron chi connectivity index (χ1n) is 7.15. The summed E-state index contributed by atoms with van der Waals surface area (Å²) in [5.74, 6) is 0.990. The topological polar surface area (TPSA) is 12.0 Å². The summed E-state index contributed by atoms with van der Waals surface area (Å²) >= 11 is 0. The molecule has 0 aromatic heterocycles. The van der Waals surface area contributed by atoms with Crippen molar-refractivity contribution >= 4 is 0 Å². The van der Waals surface area contributed by atoms with E-state index < -0.39 is 0 Å². The van der Waals surface area contributed by atoms with Crippen molar-refractivity contribution in [1.82, 2.24) is 5.32 Å². The highest BCUT2D eigenvalue weighted by atomic mass is 14.9. The molecule has 1 N–H and O–H groups in total. The van der Waals surface area contributed by atoms with Crippen molar-refractivity contribution in [3.05, 3.63) is 12.7 Å². The number of unbranched alkanes of at least 4 members (excludes halogenated alkanes) is 3. The summed E-state index contributed by atoms with van der Waals surface area (Å²) in [5.41, 5.74) is 0. The Kier molecular flexibility index (Phi) is 7.58. The molecule has 0 amide bonds. The van der Waals surface area contributed by atoms with Gasteiger partial charge in [-0.2, -0.15) is 0 Å². The molecule has 16 heavy (non-hydrogen) atoms. The predicted octanol–water partition coefficient (Wildman–Crippen LogP) is 4.29. The predicted molar refractivity (Wildman–Crippen MR) is 72.7 cm³/mol. The van der Waals surface area contributed by atoms with E-state index in [4.69, 9.17) is 0 Å². The van der Waals surface area contributed by atoms with Gasteiger partial charge in [0, 0.05) is 6.04 Å². The maximum absolute atomic E-state index is 3.77. The van der Waals surface area contributed by atoms with Crippen LogP contribution >= 0.6 is 0 Å². The lowest BCUT2D eigenvalue weighted by Crippen LogP contribution is -2.26. The van der Waals surface area contributed by atoms with Crippen molar-refractivity contribution in [3.63, 3.8) is 0 Å². The zero-order valence-electron chi connectivity index (χ0n) is 11.0. The number of rotatable bonds is 7. The molecular formula is C15H29N. The van der Waals surface area contributed by atoms with E-state index >= 15 is 0 Å². The van der Waals surface area contributed by atoms with Crippen LogP contribution in [0.25, 0.3) is 0 Å². The SMILES string of the molecule is C=CCCCCCC1CCCCC(NC)C1. The average molecular weight is 223 g/mol. The minimum Gasteiger partial charge on any atom is -0.317 e. The smallest absolute Gasteiger partial charge is 0.00667 e. The fourth-order valence-electron chi connectivity index (χ4n) is 2.88. The lowest BCUT2D eigenvalue weighted by atomic mass is 9.92. The van der Waals surface area contributed by atoms with Crippen LogP contribution in [0.1, 0.15) is 64.2 Å². The Hall–Kier alpha value is -0.300. The average Bonchev–Trinajstić information content (AvgIpc) is 2.54. The molecule has 0 spiro atoms. The van der Waals surface area contributed by atoms with Crippen molar-refractivity contribution in [1.29, 1.82) is 0 Å². The summed E-state index contributed by atoms with van der Waals surface area (Å²) < 4.78 is 0. The van der Waals surface area contributed by atoms with Gasteiger partial charge >= 0.3 is 0 Å². The molecule has 2 atom stereocenters. The summed E-state index contributed by atoms with van der Waals surface area (Å²) in [6, 6.07) is 0.792. The molecule has 1 nitrogen and oxygen atoms in total. The van der Waals surface area contributed by atoms with Crippen molar-refractivity contribution < 1.29 is 0 Å². The van der Waals surface area contributed by atoms with Gasteiger partial charge in [-0.15, -0.1) is 6.58 Å². The van der Waals surface area contributed by atoms with Crippen molar-refractivity contribution in [3.8, 4) is 0 Å². The lowest BCUT2D eigenvalue weighted by molar-refractivity contribution is 0.368. The normalized spacial score (nSPS) is 26.3. The molecule has 0 aromatic carbocycles. The number of allylic oxidation sites excluding steroid dienone is 1. The van der Waals surface area contributed by atoms with Crippen LogP contribution in [0.5, 0.6) is 0 Å². The Balaban J connectivity index is 2.11. The van der Waals surface area contributed by atoms with Crippen LogP contribution in [0.15, 0.2) is 12.7 Å². The molecule has 0 heterocycles. The van der Waals surface area contributed by atoms with Gasteiger partial charge in [-0.25, -0.2) is 0 Å². The zero-order valence-corrected chi connectivity index (χ0v) is 11.0. The van der Waals surface area contributed by atoms with E-state index in [1.807, 2.05) is 6.08 Å². The Morgan fingerprint density at radius 3 is 2.75 bits per heavy atom. The van der Waals surface area contributed by atoms with E-state index in [1.54, 1.807) is 0 Å². The molecule has 0 bridgehead atoms. The monoisotopic (exact) mass is 223 g/mol. The first kappa shape index (κ1) is 13.8. The van der Waals surface area contributed by atoms with E-state index in [1.165, 1.54) is 64.2 Å². The third-order valence-corrected chi connectivity index (χ3v) is 3.96. The summed E-state index contributed by atoms with van der Waals surface area (Å²) in [6.45, 7) is 3.77. The zero-order chi connectivity index (χ0) is 11.6. The van der Waals surface area contributed by atoms with E-state index in [0.717, 1.165) is 12.0 Å². The Morgan fingerprint density at radius 2 is 2.00 bits per heavy atom. The minimum absolute atomic E-state index is 0.792. The van der Waals surface area contributed by atoms with Gasteiger partial charge in [0.25, 0.3) is 0 Å². The highest BCUT2D eigenvalue weighted by Crippen LogP contribution is 2.27. The second kappa shape index (κ2) is 8.81. The quantitative estimate of drug-likeness (QED) is 0.386. The Morgan fingerprint density at radius 1 is 1.19 bits per heavy atom. The maximum Gasteiger partial charge on any atom is 0.00667 e. The molecule has 0 aromatic rings. The van der Waals surface area contributed by atoms with Gasteiger partial charge in [-0.1, -0.05) is 44.6 Å². The summed E-state index contributed by atoms with van der Waals surface area (Å²) in [7, 11) is 2.12. The molecule has 1 fully saturated rings. The molecular weight excluding hydrogens is 194 g/mol. The van der Waals surface area contributed by atoms with Crippen LogP contribution in [0, 0.1) is 5.92 Å². The van der Waals surface area contributed by atoms with Crippen molar-refractivity contribution in [2.45, 2.75) is 70.3 Å². The summed E-state index contributed by atoms with van der Waals surface area (Å²) in [5, 5.41) is 3.47. The fourth-order valence-corrected chi connectivity index (χ4v) is 2.88. The van der Waals surface area contributed by atoms with Crippen LogP contribution in [0.4, 0.5) is 0 Å².